The van der Waals surface area contributed by atoms with Crippen molar-refractivity contribution in [2.45, 2.75) is 26.1 Å². The molecule has 2 fully saturated rings. The van der Waals surface area contributed by atoms with Gasteiger partial charge < -0.3 is 15.0 Å². The molecule has 132 valence electrons. The highest BCUT2D eigenvalue weighted by molar-refractivity contribution is 5.78. The average Bonchev–Trinajstić information content (AvgIpc) is 2.63. The van der Waals surface area contributed by atoms with Crippen LogP contribution in [0.3, 0.4) is 0 Å². The van der Waals surface area contributed by atoms with Crippen molar-refractivity contribution in [2.24, 2.45) is 5.92 Å². The van der Waals surface area contributed by atoms with Crippen LogP contribution in [-0.4, -0.2) is 67.6 Å². The zero-order valence-corrected chi connectivity index (χ0v) is 14.8. The first kappa shape index (κ1) is 17.4. The van der Waals surface area contributed by atoms with Crippen LogP contribution in [0.2, 0.25) is 0 Å². The van der Waals surface area contributed by atoms with Crippen LogP contribution >= 0.6 is 0 Å². The van der Waals surface area contributed by atoms with E-state index in [2.05, 4.69) is 36.2 Å². The molecule has 5 nitrogen and oxygen atoms in total. The number of hydrogen-bond acceptors (Lipinski definition) is 4. The predicted molar refractivity (Wildman–Crippen MR) is 94.8 cm³/mol. The minimum Gasteiger partial charge on any atom is -0.367 e. The first-order valence-corrected chi connectivity index (χ1v) is 9.04. The summed E-state index contributed by atoms with van der Waals surface area (Å²) in [6.07, 6.45) is 0.211. The van der Waals surface area contributed by atoms with E-state index in [0.717, 1.165) is 39.3 Å². The van der Waals surface area contributed by atoms with Crippen molar-refractivity contribution in [3.05, 3.63) is 35.9 Å². The lowest BCUT2D eigenvalue weighted by molar-refractivity contribution is -0.140. The maximum atomic E-state index is 12.6. The molecule has 2 aliphatic rings. The molecular weight excluding hydrogens is 302 g/mol. The maximum absolute atomic E-state index is 12.6. The molecule has 0 bridgehead atoms. The molecule has 0 aliphatic carbocycles. The van der Waals surface area contributed by atoms with E-state index in [4.69, 9.17) is 4.74 Å². The average molecular weight is 331 g/mol. The van der Waals surface area contributed by atoms with Gasteiger partial charge in [0.25, 0.3) is 0 Å². The standard InChI is InChI=1S/C19H29N3O2/c1-15(2)17-12-21(14-19(23)22-10-8-20-9-11-22)13-18(24-17)16-6-4-3-5-7-16/h3-7,15,17-18,20H,8-14H2,1-2H3/t17-,18+/m1/s1. The van der Waals surface area contributed by atoms with Gasteiger partial charge in [0, 0.05) is 39.3 Å². The fourth-order valence-corrected chi connectivity index (χ4v) is 3.41. The molecule has 0 unspecified atom stereocenters. The van der Waals surface area contributed by atoms with E-state index in [0.29, 0.717) is 12.5 Å². The Balaban J connectivity index is 1.66. The second-order valence-corrected chi connectivity index (χ2v) is 7.14. The van der Waals surface area contributed by atoms with Crippen LogP contribution < -0.4 is 5.32 Å². The van der Waals surface area contributed by atoms with Gasteiger partial charge in [0.1, 0.15) is 0 Å². The molecule has 0 saturated carbocycles. The summed E-state index contributed by atoms with van der Waals surface area (Å²) in [5, 5.41) is 3.30. The maximum Gasteiger partial charge on any atom is 0.236 e. The molecule has 2 saturated heterocycles. The van der Waals surface area contributed by atoms with E-state index in [1.165, 1.54) is 5.56 Å². The second kappa shape index (κ2) is 8.10. The fourth-order valence-electron chi connectivity index (χ4n) is 3.41. The van der Waals surface area contributed by atoms with E-state index in [9.17, 15) is 4.79 Å². The van der Waals surface area contributed by atoms with Crippen molar-refractivity contribution < 1.29 is 9.53 Å². The summed E-state index contributed by atoms with van der Waals surface area (Å²) in [5.41, 5.74) is 1.20. The van der Waals surface area contributed by atoms with Crippen LogP contribution in [0, 0.1) is 5.92 Å². The van der Waals surface area contributed by atoms with Crippen molar-refractivity contribution in [1.82, 2.24) is 15.1 Å². The summed E-state index contributed by atoms with van der Waals surface area (Å²) in [6, 6.07) is 10.4. The summed E-state index contributed by atoms with van der Waals surface area (Å²) < 4.78 is 6.31. The molecule has 1 aromatic rings. The molecule has 0 spiro atoms. The number of hydrogen-bond donors (Lipinski definition) is 1. The van der Waals surface area contributed by atoms with Gasteiger partial charge in [-0.15, -0.1) is 0 Å². The molecule has 1 amide bonds. The van der Waals surface area contributed by atoms with Gasteiger partial charge in [0.05, 0.1) is 18.8 Å². The van der Waals surface area contributed by atoms with Crippen molar-refractivity contribution >= 4 is 5.91 Å². The lowest BCUT2D eigenvalue weighted by Gasteiger charge is -2.40. The lowest BCUT2D eigenvalue weighted by Crippen LogP contribution is -2.53. The second-order valence-electron chi connectivity index (χ2n) is 7.14. The highest BCUT2D eigenvalue weighted by Gasteiger charge is 2.32. The number of carbonyl (C=O) groups is 1. The number of carbonyl (C=O) groups excluding carboxylic acids is 1. The first-order chi connectivity index (χ1) is 11.6. The Kier molecular flexibility index (Phi) is 5.87. The van der Waals surface area contributed by atoms with Crippen molar-refractivity contribution in [3.8, 4) is 0 Å². The topological polar surface area (TPSA) is 44.8 Å². The third-order valence-electron chi connectivity index (χ3n) is 4.94. The van der Waals surface area contributed by atoms with Gasteiger partial charge >= 0.3 is 0 Å². The summed E-state index contributed by atoms with van der Waals surface area (Å²) in [4.78, 5) is 16.9. The molecule has 0 aromatic heterocycles. The van der Waals surface area contributed by atoms with E-state index in [-0.39, 0.29) is 18.1 Å². The van der Waals surface area contributed by atoms with Crippen molar-refractivity contribution in [2.75, 3.05) is 45.8 Å². The molecule has 2 atom stereocenters. The number of morpholine rings is 1. The van der Waals surface area contributed by atoms with Crippen LogP contribution in [0.15, 0.2) is 30.3 Å². The molecule has 24 heavy (non-hydrogen) atoms. The van der Waals surface area contributed by atoms with Gasteiger partial charge in [0.15, 0.2) is 0 Å². The number of benzene rings is 1. The van der Waals surface area contributed by atoms with E-state index >= 15 is 0 Å². The van der Waals surface area contributed by atoms with Crippen LogP contribution in [-0.2, 0) is 9.53 Å². The summed E-state index contributed by atoms with van der Waals surface area (Å²) in [5.74, 6) is 0.681. The number of rotatable bonds is 4. The van der Waals surface area contributed by atoms with Crippen LogP contribution in [0.1, 0.15) is 25.5 Å². The molecule has 1 N–H and O–H groups in total. The molecule has 1 aromatic carbocycles. The van der Waals surface area contributed by atoms with Crippen molar-refractivity contribution in [3.63, 3.8) is 0 Å². The smallest absolute Gasteiger partial charge is 0.236 e. The summed E-state index contributed by atoms with van der Waals surface area (Å²) >= 11 is 0. The predicted octanol–water partition coefficient (Wildman–Crippen LogP) is 1.52. The third kappa shape index (κ3) is 4.35. The number of nitrogens with zero attached hydrogens (tertiary/aromatic N) is 2. The molecule has 5 heteroatoms. The Morgan fingerprint density at radius 3 is 2.58 bits per heavy atom. The van der Waals surface area contributed by atoms with Gasteiger partial charge in [-0.2, -0.15) is 0 Å². The quantitative estimate of drug-likeness (QED) is 0.908. The molecule has 3 rings (SSSR count). The van der Waals surface area contributed by atoms with Gasteiger partial charge in [0.2, 0.25) is 5.91 Å². The Labute approximate surface area is 145 Å². The Morgan fingerprint density at radius 1 is 1.21 bits per heavy atom. The highest BCUT2D eigenvalue weighted by atomic mass is 16.5. The SMILES string of the molecule is CC(C)[C@H]1CN(CC(=O)N2CCNCC2)C[C@@H](c2ccccc2)O1. The number of amides is 1. The third-order valence-corrected chi connectivity index (χ3v) is 4.94. The zero-order chi connectivity index (χ0) is 16.9. The van der Waals surface area contributed by atoms with Crippen LogP contribution in [0.25, 0.3) is 0 Å². The first-order valence-electron chi connectivity index (χ1n) is 9.04. The molecule has 0 radical (unpaired) electrons. The molecule has 2 heterocycles. The van der Waals surface area contributed by atoms with Gasteiger partial charge in [-0.05, 0) is 11.5 Å². The molecular formula is C19H29N3O2. The Bertz CT molecular complexity index is 529. The highest BCUT2D eigenvalue weighted by Crippen LogP contribution is 2.28. The van der Waals surface area contributed by atoms with E-state index in [1.807, 2.05) is 23.1 Å². The van der Waals surface area contributed by atoms with Crippen LogP contribution in [0.5, 0.6) is 0 Å². The fraction of sp³-hybridized carbons (Fsp3) is 0.632. The van der Waals surface area contributed by atoms with Crippen LogP contribution in [0.4, 0.5) is 0 Å². The zero-order valence-electron chi connectivity index (χ0n) is 14.8. The molecule has 2 aliphatic heterocycles. The monoisotopic (exact) mass is 331 g/mol. The summed E-state index contributed by atoms with van der Waals surface area (Å²) in [6.45, 7) is 9.92. The largest absolute Gasteiger partial charge is 0.367 e. The summed E-state index contributed by atoms with van der Waals surface area (Å²) in [7, 11) is 0. The Morgan fingerprint density at radius 2 is 1.92 bits per heavy atom. The van der Waals surface area contributed by atoms with Crippen molar-refractivity contribution in [1.29, 1.82) is 0 Å². The normalized spacial score (nSPS) is 25.9. The van der Waals surface area contributed by atoms with Gasteiger partial charge in [-0.3, -0.25) is 9.69 Å². The lowest BCUT2D eigenvalue weighted by atomic mass is 10.0. The number of piperazine rings is 1. The minimum atomic E-state index is 0.0446. The van der Waals surface area contributed by atoms with Gasteiger partial charge in [-0.1, -0.05) is 44.2 Å². The number of nitrogens with one attached hydrogen (secondary N) is 1. The Hall–Kier alpha value is -1.43. The van der Waals surface area contributed by atoms with Gasteiger partial charge in [-0.25, -0.2) is 0 Å². The van der Waals surface area contributed by atoms with E-state index in [1.54, 1.807) is 0 Å². The van der Waals surface area contributed by atoms with E-state index < -0.39 is 0 Å². The minimum absolute atomic E-state index is 0.0446. The number of ether oxygens (including phenoxy) is 1.